The summed E-state index contributed by atoms with van der Waals surface area (Å²) in [5.41, 5.74) is 22.7. The number of aromatic nitrogens is 2. The molecule has 1 amide bonds. The van der Waals surface area contributed by atoms with Crippen molar-refractivity contribution in [3.63, 3.8) is 0 Å². The van der Waals surface area contributed by atoms with Gasteiger partial charge in [-0.3, -0.25) is 15.1 Å². The molecule has 0 radical (unpaired) electrons. The van der Waals surface area contributed by atoms with Gasteiger partial charge in [-0.25, -0.2) is 9.97 Å². The van der Waals surface area contributed by atoms with Gasteiger partial charge in [-0.05, 0) is 70.6 Å². The molecule has 0 unspecified atom stereocenters. The fraction of sp³-hybridized carbons (Fsp3) is 0.217. The highest BCUT2D eigenvalue weighted by Crippen LogP contribution is 2.22. The van der Waals surface area contributed by atoms with Gasteiger partial charge in [0.15, 0.2) is 28.4 Å². The minimum absolute atomic E-state index is 0.0221. The molecule has 186 valence electrons. The maximum absolute atomic E-state index is 12.5. The van der Waals surface area contributed by atoms with Crippen LogP contribution in [0.5, 0.6) is 0 Å². The molecule has 0 spiro atoms. The van der Waals surface area contributed by atoms with E-state index in [1.807, 2.05) is 0 Å². The smallest absolute Gasteiger partial charge is 0.280 e. The monoisotopic (exact) mass is 616 g/mol. The Hall–Kier alpha value is -3.61. The summed E-state index contributed by atoms with van der Waals surface area (Å²) < 4.78 is 1.21. The van der Waals surface area contributed by atoms with Gasteiger partial charge in [-0.1, -0.05) is 53.1 Å². The van der Waals surface area contributed by atoms with Gasteiger partial charge in [0.05, 0.1) is 0 Å². The first-order valence-corrected chi connectivity index (χ1v) is 12.4. The van der Waals surface area contributed by atoms with Gasteiger partial charge in [0.2, 0.25) is 0 Å². The van der Waals surface area contributed by atoms with E-state index in [1.54, 1.807) is 24.3 Å². The molecule has 0 bridgehead atoms. The van der Waals surface area contributed by atoms with Crippen molar-refractivity contribution in [3.8, 4) is 0 Å². The number of hydrogen-bond donors (Lipinski definition) is 4. The first-order valence-electron chi connectivity index (χ1n) is 10.9. The lowest BCUT2D eigenvalue weighted by Crippen LogP contribution is -2.38. The van der Waals surface area contributed by atoms with Gasteiger partial charge in [0.1, 0.15) is 0 Å². The molecule has 0 aliphatic carbocycles. The molecule has 3 rings (SSSR count). The number of nitrogens with two attached hydrogens (primary N) is 2. The zero-order valence-electron chi connectivity index (χ0n) is 19.2. The summed E-state index contributed by atoms with van der Waals surface area (Å²) in [6.07, 6.45) is 2.72. The van der Waals surface area contributed by atoms with Crippen molar-refractivity contribution in [2.24, 2.45) is 15.8 Å². The molecule has 6 N–H and O–H groups in total. The number of unbranched alkanes of at least 4 members (excludes halogenated alkanes) is 1. The third-order valence-electron chi connectivity index (χ3n) is 4.96. The number of guanidine groups is 1. The van der Waals surface area contributed by atoms with E-state index in [0.717, 1.165) is 24.8 Å². The Morgan fingerprint density at radius 2 is 1.78 bits per heavy atom. The molecule has 1 heterocycles. The fourth-order valence-corrected chi connectivity index (χ4v) is 3.69. The van der Waals surface area contributed by atoms with Crippen molar-refractivity contribution in [1.29, 1.82) is 0 Å². The van der Waals surface area contributed by atoms with Crippen LogP contribution in [-0.4, -0.2) is 28.4 Å². The highest BCUT2D eigenvalue weighted by Gasteiger charge is 2.17. The van der Waals surface area contributed by atoms with Crippen LogP contribution in [0.25, 0.3) is 10.4 Å². The minimum atomic E-state index is -0.651. The number of carbonyl (C=O) groups excluding carboxylic acids is 1. The summed E-state index contributed by atoms with van der Waals surface area (Å²) in [5, 5.41) is 8.98. The maximum Gasteiger partial charge on any atom is 0.280 e. The van der Waals surface area contributed by atoms with Crippen molar-refractivity contribution in [2.45, 2.75) is 25.8 Å². The number of anilines is 2. The van der Waals surface area contributed by atoms with E-state index in [9.17, 15) is 4.79 Å². The van der Waals surface area contributed by atoms with Crippen molar-refractivity contribution < 1.29 is 4.79 Å². The average molecular weight is 617 g/mol. The molecule has 11 nitrogen and oxygen atoms in total. The van der Waals surface area contributed by atoms with Crippen LogP contribution in [0.4, 0.5) is 17.3 Å². The molecule has 0 atom stereocenters. The van der Waals surface area contributed by atoms with Crippen LogP contribution in [-0.2, 0) is 13.0 Å². The summed E-state index contributed by atoms with van der Waals surface area (Å²) in [6, 6.07) is 15.3. The number of benzene rings is 2. The number of nitrogens with one attached hydrogen (secondary N) is 2. The third kappa shape index (κ3) is 8.26. The maximum atomic E-state index is 12.5. The zero-order chi connectivity index (χ0) is 25.9. The van der Waals surface area contributed by atoms with Crippen molar-refractivity contribution in [3.05, 3.63) is 84.5 Å². The second-order valence-electron chi connectivity index (χ2n) is 7.61. The fourth-order valence-electron chi connectivity index (χ4n) is 3.13. The molecule has 1 aromatic heterocycles. The van der Waals surface area contributed by atoms with E-state index in [-0.39, 0.29) is 28.4 Å². The number of aliphatic imine (C=N–C) groups is 1. The molecule has 0 aliphatic rings. The largest absolute Gasteiger partial charge is 0.382 e. The highest BCUT2D eigenvalue weighted by atomic mass is 125. The van der Waals surface area contributed by atoms with Gasteiger partial charge in [0.25, 0.3) is 5.91 Å². The molecule has 0 fully saturated rings. The SMILES string of the molecule is [N-]=[N+]=Nc1ccc(CNc2nc(N)c(C(=O)NC(N)=NCCCCc3ccc([125I])cc3)nc2Cl)cc1. The molecule has 0 saturated heterocycles. The second kappa shape index (κ2) is 13.5. The average Bonchev–Trinajstić information content (AvgIpc) is 2.86. The number of amides is 1. The molecule has 2 aromatic carbocycles. The first-order chi connectivity index (χ1) is 17.4. The molecular weight excluding hydrogens is 593 g/mol. The Labute approximate surface area is 226 Å². The number of rotatable bonds is 10. The van der Waals surface area contributed by atoms with Crippen LogP contribution in [0.1, 0.15) is 34.5 Å². The number of hydrogen-bond acceptors (Lipinski definition) is 7. The normalized spacial score (nSPS) is 11.0. The Kier molecular flexibility index (Phi) is 10.1. The predicted octanol–water partition coefficient (Wildman–Crippen LogP) is 4.94. The van der Waals surface area contributed by atoms with E-state index < -0.39 is 5.91 Å². The van der Waals surface area contributed by atoms with Gasteiger partial charge in [-0.15, -0.1) is 0 Å². The van der Waals surface area contributed by atoms with Crippen molar-refractivity contribution in [1.82, 2.24) is 15.3 Å². The minimum Gasteiger partial charge on any atom is -0.382 e. The number of azide groups is 1. The number of aryl methyl sites for hydroxylation is 1. The number of nitrogens with zero attached hydrogens (tertiary/aromatic N) is 6. The molecular formula is C23H24ClIN10O. The summed E-state index contributed by atoms with van der Waals surface area (Å²) in [7, 11) is 0. The summed E-state index contributed by atoms with van der Waals surface area (Å²) in [4.78, 5) is 27.7. The Morgan fingerprint density at radius 3 is 2.47 bits per heavy atom. The summed E-state index contributed by atoms with van der Waals surface area (Å²) in [6.45, 7) is 0.838. The van der Waals surface area contributed by atoms with Gasteiger partial charge < -0.3 is 16.8 Å². The molecule has 13 heteroatoms. The van der Waals surface area contributed by atoms with Crippen LogP contribution in [0, 0.1) is 3.57 Å². The lowest BCUT2D eigenvalue weighted by molar-refractivity contribution is 0.0972. The topological polar surface area (TPSA) is 180 Å². The van der Waals surface area contributed by atoms with Gasteiger partial charge in [0, 0.05) is 27.3 Å². The lowest BCUT2D eigenvalue weighted by atomic mass is 10.1. The van der Waals surface area contributed by atoms with E-state index in [4.69, 9.17) is 28.6 Å². The lowest BCUT2D eigenvalue weighted by Gasteiger charge is -2.11. The van der Waals surface area contributed by atoms with Crippen LogP contribution in [0.3, 0.4) is 0 Å². The van der Waals surface area contributed by atoms with Crippen molar-refractivity contribution >= 4 is 63.4 Å². The Balaban J connectivity index is 1.50. The van der Waals surface area contributed by atoms with E-state index >= 15 is 0 Å². The predicted molar refractivity (Wildman–Crippen MR) is 150 cm³/mol. The van der Waals surface area contributed by atoms with E-state index in [0.29, 0.717) is 18.8 Å². The highest BCUT2D eigenvalue weighted by molar-refractivity contribution is 14.1. The Bertz CT molecular complexity index is 1280. The van der Waals surface area contributed by atoms with Crippen LogP contribution >= 0.6 is 34.2 Å². The number of carbonyl (C=O) groups is 1. The molecule has 36 heavy (non-hydrogen) atoms. The molecule has 0 aliphatic heterocycles. The number of nitrogen functional groups attached to an aromatic ring is 1. The Morgan fingerprint density at radius 1 is 1.08 bits per heavy atom. The first kappa shape index (κ1) is 27.0. The third-order valence-corrected chi connectivity index (χ3v) is 5.95. The van der Waals surface area contributed by atoms with E-state index in [1.165, 1.54) is 9.13 Å². The summed E-state index contributed by atoms with van der Waals surface area (Å²) in [5.74, 6) is -0.566. The standard InChI is InChI=1S/C23H24ClIN10O/c24-19-21(30-13-15-6-10-17(11-7-15)34-35-28)32-20(26)18(31-19)22(36)33-23(27)29-12-2-1-3-14-4-8-16(25)9-5-14/h4-11H,1-3,12-13H2,(H3,26,30,32)(H3,27,29,33,36)/i25-2. The van der Waals surface area contributed by atoms with Crippen LogP contribution in [0.15, 0.2) is 58.6 Å². The van der Waals surface area contributed by atoms with Gasteiger partial charge in [-0.2, -0.15) is 0 Å². The second-order valence-corrected chi connectivity index (χ2v) is 9.21. The zero-order valence-corrected chi connectivity index (χ0v) is 22.1. The van der Waals surface area contributed by atoms with Crippen molar-refractivity contribution in [2.75, 3.05) is 17.6 Å². The van der Waals surface area contributed by atoms with Crippen LogP contribution in [0.2, 0.25) is 5.15 Å². The molecule has 0 saturated carbocycles. The van der Waals surface area contributed by atoms with Gasteiger partial charge >= 0.3 is 0 Å². The van der Waals surface area contributed by atoms with Crippen LogP contribution < -0.4 is 22.1 Å². The quantitative estimate of drug-likeness (QED) is 0.0476. The summed E-state index contributed by atoms with van der Waals surface area (Å²) >= 11 is 8.48. The number of halogens is 2. The van der Waals surface area contributed by atoms with E-state index in [2.05, 4.69) is 82.5 Å². The molecule has 3 aromatic rings.